The molecular weight excluding hydrogens is 573 g/mol. The summed E-state index contributed by atoms with van der Waals surface area (Å²) in [6, 6.07) is 4.16. The van der Waals surface area contributed by atoms with Crippen LogP contribution in [-0.2, 0) is 25.1 Å². The lowest BCUT2D eigenvalue weighted by atomic mass is 9.97. The molecule has 0 heterocycles. The van der Waals surface area contributed by atoms with Gasteiger partial charge in [0, 0.05) is 0 Å². The highest BCUT2D eigenvalue weighted by atomic mass is 19.4. The molecule has 0 spiro atoms. The highest BCUT2D eigenvalue weighted by Crippen LogP contribution is 2.35. The molecule has 0 aliphatic rings. The summed E-state index contributed by atoms with van der Waals surface area (Å²) in [4.78, 5) is 50.6. The Morgan fingerprint density at radius 1 is 0.833 bits per heavy atom. The zero-order chi connectivity index (χ0) is 31.8. The van der Waals surface area contributed by atoms with E-state index in [1.54, 1.807) is 5.32 Å². The number of carbonyl (C=O) groups is 4. The smallest absolute Gasteiger partial charge is 0.452 e. The number of aliphatic hydroxyl groups excluding tert-OH is 1. The molecule has 0 aliphatic heterocycles. The molecule has 0 saturated carbocycles. The van der Waals surface area contributed by atoms with Gasteiger partial charge in [-0.15, -0.1) is 0 Å². The zero-order valence-corrected chi connectivity index (χ0v) is 22.9. The molecule has 230 valence electrons. The average Bonchev–Trinajstić information content (AvgIpc) is 2.95. The second-order valence-electron chi connectivity index (χ2n) is 9.29. The minimum atomic E-state index is -5.28. The number of hydrogen-bond acceptors (Lipinski definition) is 7. The third-order valence-electron chi connectivity index (χ3n) is 6.06. The molecule has 0 unspecified atom stereocenters. The molecule has 2 aromatic rings. The quantitative estimate of drug-likeness (QED) is 0.258. The number of alkyl halides is 5. The third-order valence-corrected chi connectivity index (χ3v) is 6.06. The van der Waals surface area contributed by atoms with Gasteiger partial charge < -0.3 is 30.5 Å². The molecule has 15 heteroatoms. The van der Waals surface area contributed by atoms with E-state index >= 15 is 0 Å². The number of rotatable bonds is 13. The molecule has 0 bridgehead atoms. The Bertz CT molecular complexity index is 1270. The van der Waals surface area contributed by atoms with Gasteiger partial charge in [0.1, 0.15) is 23.6 Å². The monoisotopic (exact) mass is 603 g/mol. The number of halogens is 5. The maximum atomic E-state index is 15.0. The number of carbonyl (C=O) groups excluding carboxylic acids is 4. The predicted octanol–water partition coefficient (Wildman–Crippen LogP) is 2.40. The van der Waals surface area contributed by atoms with Crippen LogP contribution in [0.25, 0.3) is 0 Å². The number of para-hydroxylation sites is 1. The molecule has 0 fully saturated rings. The van der Waals surface area contributed by atoms with Gasteiger partial charge in [-0.3, -0.25) is 19.2 Å². The van der Waals surface area contributed by atoms with Crippen LogP contribution in [0.3, 0.4) is 0 Å². The normalized spacial score (nSPS) is 13.9. The molecule has 0 aromatic heterocycles. The second-order valence-corrected chi connectivity index (χ2v) is 9.29. The molecule has 10 nitrogen and oxygen atoms in total. The van der Waals surface area contributed by atoms with Gasteiger partial charge in [0.05, 0.1) is 32.4 Å². The van der Waals surface area contributed by atoms with Crippen molar-refractivity contribution in [3.8, 4) is 11.5 Å². The van der Waals surface area contributed by atoms with E-state index < -0.39 is 71.8 Å². The Morgan fingerprint density at radius 2 is 1.43 bits per heavy atom. The van der Waals surface area contributed by atoms with E-state index in [9.17, 15) is 46.2 Å². The summed E-state index contributed by atoms with van der Waals surface area (Å²) < 4.78 is 79.3. The molecule has 2 aromatic carbocycles. The van der Waals surface area contributed by atoms with Gasteiger partial charge in [0.2, 0.25) is 11.8 Å². The second kappa shape index (κ2) is 14.1. The lowest BCUT2D eigenvalue weighted by Crippen LogP contribution is -2.56. The first kappa shape index (κ1) is 33.9. The number of methoxy groups -OCH3 is 2. The number of Topliss-reactive ketones (excluding diaryl/α,β-unsaturated/α-hetero) is 1. The van der Waals surface area contributed by atoms with E-state index in [1.165, 1.54) is 63.4 Å². The van der Waals surface area contributed by atoms with Crippen LogP contribution in [0.5, 0.6) is 11.5 Å². The van der Waals surface area contributed by atoms with E-state index in [2.05, 4.69) is 5.32 Å². The van der Waals surface area contributed by atoms with Crippen LogP contribution in [-0.4, -0.2) is 67.7 Å². The number of ketones is 1. The van der Waals surface area contributed by atoms with E-state index in [1.807, 2.05) is 5.32 Å². The Hall–Kier alpha value is -4.27. The fraction of sp³-hybridized carbons (Fsp3) is 0.407. The Labute approximate surface area is 237 Å². The summed E-state index contributed by atoms with van der Waals surface area (Å²) in [6.45, 7) is 1.32. The van der Waals surface area contributed by atoms with Crippen LogP contribution in [0, 0.1) is 5.92 Å². The van der Waals surface area contributed by atoms with E-state index in [-0.39, 0.29) is 11.3 Å². The number of aliphatic hydroxyl groups is 1. The van der Waals surface area contributed by atoms with Crippen molar-refractivity contribution in [2.45, 2.75) is 44.1 Å². The predicted molar refractivity (Wildman–Crippen MR) is 138 cm³/mol. The number of amides is 3. The molecule has 4 N–H and O–H groups in total. The van der Waals surface area contributed by atoms with Crippen LogP contribution in [0.1, 0.15) is 31.0 Å². The van der Waals surface area contributed by atoms with E-state index in [0.29, 0.717) is 5.75 Å². The number of nitrogens with one attached hydrogen (secondary N) is 3. The van der Waals surface area contributed by atoms with Crippen molar-refractivity contribution in [2.24, 2.45) is 5.92 Å². The fourth-order valence-corrected chi connectivity index (χ4v) is 3.76. The summed E-state index contributed by atoms with van der Waals surface area (Å²) in [7, 11) is 2.44. The van der Waals surface area contributed by atoms with E-state index in [0.717, 1.165) is 13.2 Å². The van der Waals surface area contributed by atoms with Gasteiger partial charge in [-0.25, -0.2) is 0 Å². The third kappa shape index (κ3) is 8.15. The van der Waals surface area contributed by atoms with Crippen LogP contribution in [0.2, 0.25) is 0 Å². The molecule has 0 saturated heterocycles. The average molecular weight is 604 g/mol. The van der Waals surface area contributed by atoms with Crippen LogP contribution in [0.15, 0.2) is 48.5 Å². The van der Waals surface area contributed by atoms with Gasteiger partial charge in [-0.05, 0) is 35.7 Å². The highest BCUT2D eigenvalue weighted by molar-refractivity contribution is 5.97. The van der Waals surface area contributed by atoms with Crippen molar-refractivity contribution in [3.05, 3.63) is 59.7 Å². The van der Waals surface area contributed by atoms with Gasteiger partial charge in [0.25, 0.3) is 11.7 Å². The molecule has 0 radical (unpaired) electrons. The van der Waals surface area contributed by atoms with Gasteiger partial charge >= 0.3 is 12.1 Å². The molecule has 2 rings (SSSR count). The molecular formula is C27H30F5N3O7. The van der Waals surface area contributed by atoms with Crippen molar-refractivity contribution >= 4 is 23.5 Å². The van der Waals surface area contributed by atoms with Gasteiger partial charge in [0.15, 0.2) is 0 Å². The minimum Gasteiger partial charge on any atom is -0.497 e. The van der Waals surface area contributed by atoms with Crippen molar-refractivity contribution < 1.29 is 55.7 Å². The first-order chi connectivity index (χ1) is 19.6. The van der Waals surface area contributed by atoms with Crippen LogP contribution in [0.4, 0.5) is 22.0 Å². The number of benzene rings is 2. The first-order valence-electron chi connectivity index (χ1n) is 12.4. The van der Waals surface area contributed by atoms with E-state index in [4.69, 9.17) is 9.47 Å². The number of hydrogen-bond donors (Lipinski definition) is 4. The van der Waals surface area contributed by atoms with Crippen molar-refractivity contribution in [1.82, 2.24) is 16.0 Å². The lowest BCUT2D eigenvalue weighted by Gasteiger charge is -2.27. The molecule has 0 aliphatic carbocycles. The molecule has 3 atom stereocenters. The summed E-state index contributed by atoms with van der Waals surface area (Å²) in [5.41, 5.74) is -0.836. The maximum Gasteiger partial charge on any atom is 0.452 e. The minimum absolute atomic E-state index is 0.00835. The van der Waals surface area contributed by atoms with Crippen molar-refractivity contribution in [3.63, 3.8) is 0 Å². The molecule has 3 amide bonds. The maximum absolute atomic E-state index is 15.0. The zero-order valence-electron chi connectivity index (χ0n) is 22.9. The van der Waals surface area contributed by atoms with Crippen molar-refractivity contribution in [1.29, 1.82) is 0 Å². The van der Waals surface area contributed by atoms with Crippen LogP contribution < -0.4 is 25.4 Å². The van der Waals surface area contributed by atoms with Crippen molar-refractivity contribution in [2.75, 3.05) is 20.8 Å². The van der Waals surface area contributed by atoms with Gasteiger partial charge in [-0.1, -0.05) is 38.1 Å². The summed E-state index contributed by atoms with van der Waals surface area (Å²) in [5, 5.41) is 15.5. The first-order valence-corrected chi connectivity index (χ1v) is 12.4. The fourth-order valence-electron chi connectivity index (χ4n) is 3.76. The lowest BCUT2D eigenvalue weighted by molar-refractivity contribution is -0.175. The largest absolute Gasteiger partial charge is 0.497 e. The van der Waals surface area contributed by atoms with Gasteiger partial charge in [-0.2, -0.15) is 22.0 Å². The Balaban J connectivity index is 2.36. The topological polar surface area (TPSA) is 143 Å². The molecule has 42 heavy (non-hydrogen) atoms. The summed E-state index contributed by atoms with van der Waals surface area (Å²) in [6.07, 6.45) is -5.28. The summed E-state index contributed by atoms with van der Waals surface area (Å²) >= 11 is 0. The Kier molecular flexibility index (Phi) is 11.4. The number of ether oxygens (including phenoxy) is 2. The van der Waals surface area contributed by atoms with Crippen LogP contribution >= 0.6 is 0 Å². The standard InChI is InChI=1S/C27H30F5N3O7/c1-14(2)20(22(37)27(30,31)32)34-24(39)21(15-9-11-16(41-3)12-10-15)35-23(38)18(13-36)33-25(40)26(28,29)17-7-5-6-8-19(17)42-4/h5-12,14,18,20-21,36H,13H2,1-4H3,(H,33,40)(H,34,39)(H,35,38)/t18-,20-,21-/m0/s1. The summed E-state index contributed by atoms with van der Waals surface area (Å²) in [5.74, 6) is -12.1. The SMILES string of the molecule is COc1ccc([C@H](NC(=O)[C@H](CO)NC(=O)C(F)(F)c2ccccc2OC)C(=O)N[C@H](C(=O)C(F)(F)F)C(C)C)cc1. The Morgan fingerprint density at radius 3 is 1.93 bits per heavy atom. The highest BCUT2D eigenvalue weighted by Gasteiger charge is 2.46.